The van der Waals surface area contributed by atoms with Crippen LogP contribution in [-0.4, -0.2) is 18.3 Å². The first-order chi connectivity index (χ1) is 5.13. The number of aliphatic imine (C=N–C) groups is 1. The topological polar surface area (TPSA) is 12.4 Å². The summed E-state index contributed by atoms with van der Waals surface area (Å²) in [7, 11) is 0. The van der Waals surface area contributed by atoms with Gasteiger partial charge in [0.1, 0.15) is 5.17 Å². The van der Waals surface area contributed by atoms with Crippen molar-refractivity contribution in [3.05, 3.63) is 0 Å². The Kier molecular flexibility index (Phi) is 3.04. The lowest BCUT2D eigenvalue weighted by Crippen LogP contribution is -2.45. The van der Waals surface area contributed by atoms with Gasteiger partial charge in [-0.15, -0.1) is 0 Å². The fourth-order valence-electron chi connectivity index (χ4n) is 0.582. The summed E-state index contributed by atoms with van der Waals surface area (Å²) in [5.41, 5.74) is 0. The Morgan fingerprint density at radius 3 is 1.42 bits per heavy atom. The van der Waals surface area contributed by atoms with E-state index in [2.05, 4.69) is 4.99 Å². The average Bonchev–Trinajstić information content (AvgIpc) is 1.92. The summed E-state index contributed by atoms with van der Waals surface area (Å²) in [6, 6.07) is 0. The van der Waals surface area contributed by atoms with Crippen LogP contribution in [0.4, 0.5) is 0 Å². The Morgan fingerprint density at radius 1 is 0.917 bits per heavy atom. The number of hydrogen-bond donors (Lipinski definition) is 0. The smallest absolute Gasteiger partial charge is 0.233 e. The molecular formula is C4Cl7N. The fraction of sp³-hybridized carbons (Fsp3) is 0.750. The standard InChI is InChI=1S/C4Cl7N/c5-1-2(6,7)3(8,9)4(10,11)12-1. The van der Waals surface area contributed by atoms with Gasteiger partial charge in [-0.2, -0.15) is 0 Å². The molecule has 1 nitrogen and oxygen atoms in total. The maximum absolute atomic E-state index is 5.68. The van der Waals surface area contributed by atoms with E-state index in [-0.39, 0.29) is 5.17 Å². The van der Waals surface area contributed by atoms with Gasteiger partial charge in [0, 0.05) is 0 Å². The van der Waals surface area contributed by atoms with Crippen molar-refractivity contribution in [1.29, 1.82) is 0 Å². The van der Waals surface area contributed by atoms with Crippen LogP contribution in [0.3, 0.4) is 0 Å². The van der Waals surface area contributed by atoms with Crippen molar-refractivity contribution >= 4 is 86.4 Å². The zero-order chi connectivity index (χ0) is 9.78. The Balaban J connectivity index is 3.22. The van der Waals surface area contributed by atoms with E-state index in [1.807, 2.05) is 0 Å². The molecule has 12 heavy (non-hydrogen) atoms. The monoisotopic (exact) mass is 307 g/mol. The molecule has 0 saturated heterocycles. The van der Waals surface area contributed by atoms with Gasteiger partial charge in [-0.1, -0.05) is 81.2 Å². The van der Waals surface area contributed by atoms with Crippen LogP contribution in [0.5, 0.6) is 0 Å². The summed E-state index contributed by atoms with van der Waals surface area (Å²) in [4.78, 5) is 3.51. The van der Waals surface area contributed by atoms with Crippen molar-refractivity contribution in [3.63, 3.8) is 0 Å². The molecule has 8 heteroatoms. The summed E-state index contributed by atoms with van der Waals surface area (Å²) >= 11 is 39.4. The molecule has 0 aromatic heterocycles. The molecule has 0 N–H and O–H groups in total. The van der Waals surface area contributed by atoms with Gasteiger partial charge in [0.15, 0.2) is 0 Å². The molecule has 0 radical (unpaired) electrons. The first kappa shape index (κ1) is 11.8. The molecule has 0 atom stereocenters. The predicted molar refractivity (Wildman–Crippen MR) is 56.6 cm³/mol. The Morgan fingerprint density at radius 2 is 1.33 bits per heavy atom. The van der Waals surface area contributed by atoms with Gasteiger partial charge in [0.2, 0.25) is 13.1 Å². The molecule has 0 unspecified atom stereocenters. The molecule has 0 amide bonds. The van der Waals surface area contributed by atoms with Crippen LogP contribution in [0.15, 0.2) is 4.99 Å². The molecule has 1 rings (SSSR count). The van der Waals surface area contributed by atoms with Gasteiger partial charge in [-0.3, -0.25) is 0 Å². The second-order valence-corrected chi connectivity index (χ2v) is 6.39. The minimum atomic E-state index is -1.87. The average molecular weight is 310 g/mol. The molecule has 0 fully saturated rings. The lowest BCUT2D eigenvalue weighted by molar-refractivity contribution is 0.730. The molecule has 0 aromatic carbocycles. The third-order valence-electron chi connectivity index (χ3n) is 1.27. The number of rotatable bonds is 0. The van der Waals surface area contributed by atoms with Crippen LogP contribution in [-0.2, 0) is 0 Å². The van der Waals surface area contributed by atoms with Gasteiger partial charge in [0.05, 0.1) is 0 Å². The highest BCUT2D eigenvalue weighted by molar-refractivity contribution is 6.87. The highest BCUT2D eigenvalue weighted by Crippen LogP contribution is 2.60. The van der Waals surface area contributed by atoms with Crippen LogP contribution >= 0.6 is 81.2 Å². The normalized spacial score (nSPS) is 30.1. The van der Waals surface area contributed by atoms with E-state index in [1.54, 1.807) is 0 Å². The van der Waals surface area contributed by atoms with Crippen molar-refractivity contribution in [1.82, 2.24) is 0 Å². The molecule has 1 aliphatic heterocycles. The van der Waals surface area contributed by atoms with E-state index in [1.165, 1.54) is 0 Å². The van der Waals surface area contributed by atoms with Crippen molar-refractivity contribution < 1.29 is 0 Å². The van der Waals surface area contributed by atoms with Gasteiger partial charge < -0.3 is 0 Å². The molecule has 0 bridgehead atoms. The lowest BCUT2D eigenvalue weighted by atomic mass is 10.3. The molecule has 0 saturated carbocycles. The second kappa shape index (κ2) is 3.10. The molecule has 1 heterocycles. The molecule has 70 valence electrons. The van der Waals surface area contributed by atoms with Crippen molar-refractivity contribution in [3.8, 4) is 0 Å². The largest absolute Gasteiger partial charge is 0.245 e. The summed E-state index contributed by atoms with van der Waals surface area (Å²) in [6.45, 7) is 0. The van der Waals surface area contributed by atoms with Crippen LogP contribution in [0.2, 0.25) is 0 Å². The molecule has 0 spiro atoms. The Labute approximate surface area is 104 Å². The zero-order valence-corrected chi connectivity index (χ0v) is 10.4. The first-order valence-corrected chi connectivity index (χ1v) is 5.17. The van der Waals surface area contributed by atoms with E-state index in [0.29, 0.717) is 0 Å². The highest BCUT2D eigenvalue weighted by atomic mass is 35.5. The van der Waals surface area contributed by atoms with Gasteiger partial charge in [-0.05, 0) is 0 Å². The molecule has 0 aliphatic carbocycles. The minimum Gasteiger partial charge on any atom is -0.233 e. The van der Waals surface area contributed by atoms with Gasteiger partial charge >= 0.3 is 0 Å². The van der Waals surface area contributed by atoms with Crippen LogP contribution < -0.4 is 0 Å². The number of halogens is 7. The first-order valence-electron chi connectivity index (χ1n) is 2.52. The summed E-state index contributed by atoms with van der Waals surface area (Å²) in [6.07, 6.45) is 0. The zero-order valence-electron chi connectivity index (χ0n) is 5.09. The lowest BCUT2D eigenvalue weighted by Gasteiger charge is -2.29. The maximum Gasteiger partial charge on any atom is 0.245 e. The quantitative estimate of drug-likeness (QED) is 0.471. The molecule has 1 aliphatic rings. The highest BCUT2D eigenvalue weighted by Gasteiger charge is 2.67. The fourth-order valence-corrected chi connectivity index (χ4v) is 2.30. The van der Waals surface area contributed by atoms with E-state index >= 15 is 0 Å². The number of nitrogens with zero attached hydrogens (tertiary/aromatic N) is 1. The SMILES string of the molecule is ClC1=NC(Cl)(Cl)C(Cl)(Cl)C1(Cl)Cl. The van der Waals surface area contributed by atoms with E-state index in [4.69, 9.17) is 81.2 Å². The predicted octanol–water partition coefficient (Wildman–Crippen LogP) is 4.12. The van der Waals surface area contributed by atoms with E-state index in [0.717, 1.165) is 0 Å². The minimum absolute atomic E-state index is 0.235. The Bertz CT molecular complexity index is 242. The van der Waals surface area contributed by atoms with Crippen molar-refractivity contribution in [2.24, 2.45) is 4.99 Å². The Hall–Kier alpha value is 1.70. The van der Waals surface area contributed by atoms with Crippen LogP contribution in [0.1, 0.15) is 0 Å². The number of hydrogen-bond acceptors (Lipinski definition) is 1. The summed E-state index contributed by atoms with van der Waals surface area (Å²) in [5, 5.41) is -0.235. The van der Waals surface area contributed by atoms with Crippen molar-refractivity contribution in [2.75, 3.05) is 0 Å². The summed E-state index contributed by atoms with van der Waals surface area (Å²) in [5.74, 6) is 0. The summed E-state index contributed by atoms with van der Waals surface area (Å²) < 4.78 is -5.50. The maximum atomic E-state index is 5.68. The van der Waals surface area contributed by atoms with Crippen LogP contribution in [0, 0.1) is 0 Å². The van der Waals surface area contributed by atoms with Crippen molar-refractivity contribution in [2.45, 2.75) is 13.1 Å². The van der Waals surface area contributed by atoms with Gasteiger partial charge in [-0.25, -0.2) is 4.99 Å². The third kappa shape index (κ3) is 1.42. The molecular weight excluding hydrogens is 310 g/mol. The number of alkyl halides is 6. The van der Waals surface area contributed by atoms with Crippen LogP contribution in [0.25, 0.3) is 0 Å². The van der Waals surface area contributed by atoms with E-state index < -0.39 is 13.1 Å². The second-order valence-electron chi connectivity index (χ2n) is 2.09. The third-order valence-corrected chi connectivity index (χ3v) is 5.38. The van der Waals surface area contributed by atoms with E-state index in [9.17, 15) is 0 Å². The van der Waals surface area contributed by atoms with Gasteiger partial charge in [0.25, 0.3) is 0 Å². The molecule has 0 aromatic rings.